The van der Waals surface area contributed by atoms with Crippen molar-refractivity contribution in [1.29, 1.82) is 0 Å². The van der Waals surface area contributed by atoms with Crippen LogP contribution in [0.2, 0.25) is 0 Å². The summed E-state index contributed by atoms with van der Waals surface area (Å²) in [5.74, 6) is -0.934. The van der Waals surface area contributed by atoms with Crippen molar-refractivity contribution >= 4 is 23.5 Å². The number of carboxylic acid groups (broad SMARTS) is 1. The fourth-order valence-corrected chi connectivity index (χ4v) is 5.14. The van der Waals surface area contributed by atoms with E-state index in [9.17, 15) is 19.5 Å². The maximum absolute atomic E-state index is 13.9. The Morgan fingerprint density at radius 1 is 1.20 bits per heavy atom. The molecule has 0 radical (unpaired) electrons. The van der Waals surface area contributed by atoms with E-state index in [-0.39, 0.29) is 6.61 Å². The Hall–Kier alpha value is -2.61. The molecule has 0 bridgehead atoms. The minimum absolute atomic E-state index is 0.245. The molecule has 35 heavy (non-hydrogen) atoms. The van der Waals surface area contributed by atoms with Crippen molar-refractivity contribution in [2.45, 2.75) is 90.8 Å². The Morgan fingerprint density at radius 3 is 2.51 bits per heavy atom. The van der Waals surface area contributed by atoms with E-state index in [4.69, 9.17) is 9.47 Å². The number of carboxylic acids is 1. The second-order valence-corrected chi connectivity index (χ2v) is 10.7. The van der Waals surface area contributed by atoms with Crippen LogP contribution in [-0.2, 0) is 19.1 Å². The highest BCUT2D eigenvalue weighted by Crippen LogP contribution is 2.38. The van der Waals surface area contributed by atoms with Crippen LogP contribution in [0.5, 0.6) is 5.75 Å². The van der Waals surface area contributed by atoms with Crippen molar-refractivity contribution in [3.8, 4) is 5.75 Å². The molecule has 1 amide bonds. The summed E-state index contributed by atoms with van der Waals surface area (Å²) >= 11 is 0. The van der Waals surface area contributed by atoms with E-state index in [0.717, 1.165) is 19.3 Å². The molecule has 3 rings (SSSR count). The molecule has 1 aliphatic carbocycles. The van der Waals surface area contributed by atoms with Crippen LogP contribution in [0.15, 0.2) is 24.3 Å². The van der Waals surface area contributed by atoms with E-state index in [1.54, 1.807) is 31.2 Å². The summed E-state index contributed by atoms with van der Waals surface area (Å²) in [4.78, 5) is 39.8. The molecule has 1 aliphatic heterocycles. The van der Waals surface area contributed by atoms with Gasteiger partial charge in [0, 0.05) is 5.41 Å². The third-order valence-electron chi connectivity index (χ3n) is 6.93. The molecule has 2 aliphatic rings. The maximum atomic E-state index is 13.9. The number of amides is 1. The van der Waals surface area contributed by atoms with Gasteiger partial charge in [-0.3, -0.25) is 24.6 Å². The second-order valence-electron chi connectivity index (χ2n) is 10.7. The van der Waals surface area contributed by atoms with Crippen LogP contribution in [-0.4, -0.2) is 54.3 Å². The standard InChI is InChI=1S/C27H40N2O6/c1-5-34-26(33)19(16-15-18-11-7-6-8-12-18)28-23-24(27(2,3)4)35-21-14-10-9-13-20(21)29(25(23)32)17-22(30)31/h9-10,13-14,18-19,23-24,28H,5-8,11-12,15-17H2,1-4H3,(H,30,31). The zero-order valence-corrected chi connectivity index (χ0v) is 21.4. The van der Waals surface area contributed by atoms with E-state index < -0.39 is 48.0 Å². The number of hydrogen-bond acceptors (Lipinski definition) is 6. The number of nitrogens with zero attached hydrogens (tertiary/aromatic N) is 1. The molecule has 8 heteroatoms. The molecule has 3 unspecified atom stereocenters. The zero-order chi connectivity index (χ0) is 25.6. The van der Waals surface area contributed by atoms with E-state index in [0.29, 0.717) is 23.8 Å². The summed E-state index contributed by atoms with van der Waals surface area (Å²) in [6.45, 7) is 7.41. The lowest BCUT2D eigenvalue weighted by Crippen LogP contribution is -2.61. The summed E-state index contributed by atoms with van der Waals surface area (Å²) in [6, 6.07) is 5.35. The molecule has 8 nitrogen and oxygen atoms in total. The topological polar surface area (TPSA) is 105 Å². The molecule has 1 fully saturated rings. The van der Waals surface area contributed by atoms with E-state index in [2.05, 4.69) is 5.32 Å². The third kappa shape index (κ3) is 6.97. The van der Waals surface area contributed by atoms with Crippen LogP contribution in [0.3, 0.4) is 0 Å². The number of rotatable bonds is 9. The van der Waals surface area contributed by atoms with E-state index in [1.807, 2.05) is 20.8 Å². The average molecular weight is 489 g/mol. The third-order valence-corrected chi connectivity index (χ3v) is 6.93. The van der Waals surface area contributed by atoms with Crippen LogP contribution in [0.25, 0.3) is 0 Å². The maximum Gasteiger partial charge on any atom is 0.323 e. The van der Waals surface area contributed by atoms with Gasteiger partial charge in [-0.15, -0.1) is 0 Å². The molecule has 1 aromatic rings. The first-order valence-corrected chi connectivity index (χ1v) is 12.8. The van der Waals surface area contributed by atoms with Crippen LogP contribution in [0, 0.1) is 11.3 Å². The molecule has 194 valence electrons. The Morgan fingerprint density at radius 2 is 1.89 bits per heavy atom. The number of anilines is 1. The molecule has 0 spiro atoms. The summed E-state index contributed by atoms with van der Waals surface area (Å²) < 4.78 is 11.7. The molecular formula is C27H40N2O6. The van der Waals surface area contributed by atoms with Gasteiger partial charge < -0.3 is 14.6 Å². The molecule has 1 saturated carbocycles. The Labute approximate surface area is 208 Å². The van der Waals surface area contributed by atoms with Crippen molar-refractivity contribution in [2.24, 2.45) is 11.3 Å². The number of fused-ring (bicyclic) bond motifs is 1. The van der Waals surface area contributed by atoms with Gasteiger partial charge >= 0.3 is 11.9 Å². The van der Waals surface area contributed by atoms with Crippen LogP contribution >= 0.6 is 0 Å². The predicted molar refractivity (Wildman–Crippen MR) is 133 cm³/mol. The van der Waals surface area contributed by atoms with Crippen molar-refractivity contribution in [3.05, 3.63) is 24.3 Å². The number of carbonyl (C=O) groups is 3. The Kier molecular flexibility index (Phi) is 9.16. The van der Waals surface area contributed by atoms with Crippen LogP contribution < -0.4 is 15.0 Å². The number of para-hydroxylation sites is 2. The summed E-state index contributed by atoms with van der Waals surface area (Å²) in [5, 5.41) is 12.8. The monoisotopic (exact) mass is 488 g/mol. The van der Waals surface area contributed by atoms with Gasteiger partial charge in [-0.05, 0) is 37.8 Å². The number of hydrogen-bond donors (Lipinski definition) is 2. The van der Waals surface area contributed by atoms with Gasteiger partial charge in [0.2, 0.25) is 5.91 Å². The first kappa shape index (κ1) is 27.0. The Bertz CT molecular complexity index is 890. The van der Waals surface area contributed by atoms with E-state index in [1.165, 1.54) is 24.2 Å². The highest BCUT2D eigenvalue weighted by molar-refractivity contribution is 6.03. The normalized spacial score (nSPS) is 22.1. The molecule has 2 N–H and O–H groups in total. The van der Waals surface area contributed by atoms with Gasteiger partial charge in [0.15, 0.2) is 0 Å². The lowest BCUT2D eigenvalue weighted by molar-refractivity contribution is -0.147. The molecule has 0 saturated heterocycles. The van der Waals surface area contributed by atoms with Gasteiger partial charge in [0.05, 0.1) is 12.3 Å². The highest BCUT2D eigenvalue weighted by Gasteiger charge is 2.46. The van der Waals surface area contributed by atoms with Crippen LogP contribution in [0.1, 0.15) is 72.6 Å². The fourth-order valence-electron chi connectivity index (χ4n) is 5.14. The molecular weight excluding hydrogens is 448 g/mol. The Balaban J connectivity index is 1.93. The van der Waals surface area contributed by atoms with Gasteiger partial charge in [-0.1, -0.05) is 65.0 Å². The first-order valence-electron chi connectivity index (χ1n) is 12.8. The number of benzene rings is 1. The lowest BCUT2D eigenvalue weighted by Gasteiger charge is -2.37. The van der Waals surface area contributed by atoms with Gasteiger partial charge in [0.1, 0.15) is 30.5 Å². The van der Waals surface area contributed by atoms with Gasteiger partial charge in [0.25, 0.3) is 0 Å². The van der Waals surface area contributed by atoms with Crippen molar-refractivity contribution in [2.75, 3.05) is 18.1 Å². The van der Waals surface area contributed by atoms with Crippen molar-refractivity contribution < 1.29 is 29.0 Å². The summed E-state index contributed by atoms with van der Waals surface area (Å²) in [7, 11) is 0. The molecule has 1 heterocycles. The highest BCUT2D eigenvalue weighted by atomic mass is 16.5. The number of carbonyl (C=O) groups excluding carboxylic acids is 2. The second kappa shape index (κ2) is 11.9. The largest absolute Gasteiger partial charge is 0.486 e. The predicted octanol–water partition coefficient (Wildman–Crippen LogP) is 4.16. The molecule has 3 atom stereocenters. The number of aliphatic carboxylic acids is 1. The summed E-state index contributed by atoms with van der Waals surface area (Å²) in [5.41, 5.74) is -0.0734. The lowest BCUT2D eigenvalue weighted by atomic mass is 9.83. The van der Waals surface area contributed by atoms with Gasteiger partial charge in [-0.25, -0.2) is 0 Å². The minimum Gasteiger partial charge on any atom is -0.486 e. The molecule has 1 aromatic carbocycles. The quantitative estimate of drug-likeness (QED) is 0.503. The first-order chi connectivity index (χ1) is 16.6. The van der Waals surface area contributed by atoms with Crippen molar-refractivity contribution in [3.63, 3.8) is 0 Å². The minimum atomic E-state index is -1.12. The fraction of sp³-hybridized carbons (Fsp3) is 0.667. The average Bonchev–Trinajstić information content (AvgIpc) is 2.92. The smallest absolute Gasteiger partial charge is 0.323 e. The van der Waals surface area contributed by atoms with Crippen molar-refractivity contribution in [1.82, 2.24) is 5.32 Å². The van der Waals surface area contributed by atoms with E-state index >= 15 is 0 Å². The molecule has 0 aromatic heterocycles. The van der Waals surface area contributed by atoms with Crippen LogP contribution in [0.4, 0.5) is 5.69 Å². The summed E-state index contributed by atoms with van der Waals surface area (Å²) in [6.07, 6.45) is 6.80. The SMILES string of the molecule is CCOC(=O)C(CCC1CCCCC1)NC1C(=O)N(CC(=O)O)c2ccccc2OC1C(C)(C)C. The number of esters is 1. The number of nitrogens with one attached hydrogen (secondary N) is 1. The van der Waals surface area contributed by atoms with Gasteiger partial charge in [-0.2, -0.15) is 0 Å². The zero-order valence-electron chi connectivity index (χ0n) is 21.4. The number of ether oxygens (including phenoxy) is 2.